The summed E-state index contributed by atoms with van der Waals surface area (Å²) in [6.07, 6.45) is 8.71. The molecule has 3 heterocycles. The van der Waals surface area contributed by atoms with Crippen LogP contribution in [0.3, 0.4) is 0 Å². The lowest BCUT2D eigenvalue weighted by molar-refractivity contribution is -0.145. The lowest BCUT2D eigenvalue weighted by atomic mass is 9.77. The van der Waals surface area contributed by atoms with Crippen LogP contribution in [-0.4, -0.2) is 118 Å². The Hall–Kier alpha value is -5.07. The molecule has 5 N–H and O–H groups in total. The Balaban J connectivity index is 1.46. The van der Waals surface area contributed by atoms with Gasteiger partial charge in [0, 0.05) is 67.1 Å². The quantitative estimate of drug-likeness (QED) is 0.0375. The molecule has 0 saturated heterocycles. The van der Waals surface area contributed by atoms with E-state index in [-0.39, 0.29) is 30.6 Å². The average Bonchev–Trinajstić information content (AvgIpc) is 3.65. The van der Waals surface area contributed by atoms with Gasteiger partial charge in [-0.2, -0.15) is 25.3 Å². The van der Waals surface area contributed by atoms with E-state index in [1.807, 2.05) is 46.8 Å². The van der Waals surface area contributed by atoms with Crippen LogP contribution in [0.25, 0.3) is 17.4 Å². The Morgan fingerprint density at radius 2 is 1.55 bits per heavy atom. The Labute approximate surface area is 372 Å². The van der Waals surface area contributed by atoms with Crippen molar-refractivity contribution in [3.8, 4) is 23.1 Å². The summed E-state index contributed by atoms with van der Waals surface area (Å²) in [5.74, 6) is -2.02. The van der Waals surface area contributed by atoms with Crippen LogP contribution < -0.4 is 19.7 Å². The van der Waals surface area contributed by atoms with Gasteiger partial charge in [-0.15, -0.1) is 4.73 Å². The predicted molar refractivity (Wildman–Crippen MR) is 236 cm³/mol. The smallest absolute Gasteiger partial charge is 0.333 e. The number of unbranched alkanes of at least 4 members (excludes halogenated alkanes) is 2. The normalized spacial score (nSPS) is 16.8. The Kier molecular flexibility index (Phi) is 17.0. The second kappa shape index (κ2) is 21.7. The van der Waals surface area contributed by atoms with Crippen LogP contribution in [0.4, 0.5) is 5.69 Å². The standard InChI is InChI=1S/C42H53N3O16S3/c1-42(19-7-27-62(49,50)51)35-30-33(64(55,56)57)13-15-36(35)44(21-5-3-4-11-41(48)61-45-39(46)16-17-40(45)47)38(42)10-6-9-31-18-23-60-37-29-32(12-14-34(31)37)43(20-8-28-63(52,53)54)22-24-59-26-25-58-2/h6,9-10,12-18,23,29-30H,3-5,7-8,11,19-22,24-28H2,1-2H3,(H4-,46,47,49,50,51,52,53,54,55,56,57)/p+1. The van der Waals surface area contributed by atoms with Gasteiger partial charge < -0.3 is 33.8 Å². The van der Waals surface area contributed by atoms with E-state index >= 15 is 0 Å². The summed E-state index contributed by atoms with van der Waals surface area (Å²) < 4.78 is 119. The molecule has 1 aromatic carbocycles. The minimum absolute atomic E-state index is 0.00760. The maximum Gasteiger partial charge on any atom is 0.333 e. The fraction of sp³-hybridized carbons (Fsp3) is 0.429. The van der Waals surface area contributed by atoms with Gasteiger partial charge in [0.05, 0.1) is 41.9 Å². The van der Waals surface area contributed by atoms with E-state index in [9.17, 15) is 53.9 Å². The van der Waals surface area contributed by atoms with Crippen molar-refractivity contribution in [2.24, 2.45) is 0 Å². The van der Waals surface area contributed by atoms with Crippen molar-refractivity contribution in [1.82, 2.24) is 9.31 Å². The third-order valence-corrected chi connectivity index (χ3v) is 13.2. The van der Waals surface area contributed by atoms with Crippen LogP contribution in [-0.2, 0) is 50.0 Å². The number of methoxy groups -OCH3 is 1. The highest BCUT2D eigenvalue weighted by molar-refractivity contribution is 7.86. The third kappa shape index (κ3) is 13.7. The first-order chi connectivity index (χ1) is 30.2. The highest BCUT2D eigenvalue weighted by Crippen LogP contribution is 2.51. The van der Waals surface area contributed by atoms with Gasteiger partial charge in [-0.3, -0.25) is 13.7 Å². The molecule has 1 atom stereocenters. The largest absolute Gasteiger partial charge is 0.492 e. The topological polar surface area (TPSA) is 273 Å². The number of carbonyl (C=O) groups excluding carboxylic acids is 1. The molecule has 0 fully saturated rings. The zero-order valence-electron chi connectivity index (χ0n) is 35.4. The molecule has 2 aromatic rings. The SMILES string of the molecule is COCCOCC[N+](CCCS(=O)(=O)O)=c1ccc2c(C=CC=C3N(CCCCCC(=O)On4c(O)ccc4O)c4ccc(S(=O)(=O)O)cc4C3(C)CCCS(=O)(=O)O)ccoc-2c1. The van der Waals surface area contributed by atoms with E-state index in [0.717, 1.165) is 16.5 Å². The van der Waals surface area contributed by atoms with E-state index in [0.29, 0.717) is 86.2 Å². The number of anilines is 1. The van der Waals surface area contributed by atoms with Gasteiger partial charge >= 0.3 is 5.97 Å². The Morgan fingerprint density at radius 3 is 2.23 bits per heavy atom. The van der Waals surface area contributed by atoms with Gasteiger partial charge in [-0.1, -0.05) is 18.6 Å². The molecule has 0 radical (unpaired) electrons. The molecule has 3 aliphatic rings. The summed E-state index contributed by atoms with van der Waals surface area (Å²) in [4.78, 5) is 19.1. The van der Waals surface area contributed by atoms with Crippen molar-refractivity contribution < 1.29 is 72.6 Å². The van der Waals surface area contributed by atoms with Crippen LogP contribution in [0, 0.1) is 0 Å². The maximum atomic E-state index is 12.5. The number of nitrogens with zero attached hydrogens (tertiary/aromatic N) is 3. The third-order valence-electron chi connectivity index (χ3n) is 10.7. The number of aromatic hydroxyl groups is 2. The molecule has 0 spiro atoms. The second-order valence-electron chi connectivity index (χ2n) is 15.3. The number of ether oxygens (including phenoxy) is 2. The van der Waals surface area contributed by atoms with Gasteiger partial charge in [-0.25, -0.2) is 9.37 Å². The number of benzene rings is 2. The first kappa shape index (κ1) is 49.9. The van der Waals surface area contributed by atoms with Crippen LogP contribution in [0.15, 0.2) is 88.0 Å². The van der Waals surface area contributed by atoms with Crippen molar-refractivity contribution >= 4 is 48.1 Å². The summed E-state index contributed by atoms with van der Waals surface area (Å²) in [6, 6.07) is 13.8. The fourth-order valence-electron chi connectivity index (χ4n) is 7.59. The van der Waals surface area contributed by atoms with Gasteiger partial charge in [0.25, 0.3) is 30.4 Å². The molecular formula is C42H54N3O16S3+. The minimum Gasteiger partial charge on any atom is -0.492 e. The maximum absolute atomic E-state index is 12.5. The van der Waals surface area contributed by atoms with Crippen LogP contribution in [0.2, 0.25) is 0 Å². The zero-order valence-corrected chi connectivity index (χ0v) is 37.9. The summed E-state index contributed by atoms with van der Waals surface area (Å²) in [6.45, 7) is 4.03. The summed E-state index contributed by atoms with van der Waals surface area (Å²) >= 11 is 0. The molecule has 1 aliphatic carbocycles. The van der Waals surface area contributed by atoms with E-state index in [4.69, 9.17) is 18.7 Å². The molecule has 0 amide bonds. The first-order valence-electron chi connectivity index (χ1n) is 20.4. The molecule has 0 saturated carbocycles. The van der Waals surface area contributed by atoms with Gasteiger partial charge in [0.1, 0.15) is 18.9 Å². The predicted octanol–water partition coefficient (Wildman–Crippen LogP) is 4.12. The molecule has 1 unspecified atom stereocenters. The minimum atomic E-state index is -4.63. The molecular weight excluding hydrogens is 899 g/mol. The van der Waals surface area contributed by atoms with Crippen molar-refractivity contribution in [2.45, 2.75) is 62.2 Å². The first-order valence-corrected chi connectivity index (χ1v) is 25.0. The second-order valence-corrected chi connectivity index (χ2v) is 19.9. The molecule has 0 bridgehead atoms. The van der Waals surface area contributed by atoms with Crippen molar-refractivity contribution in [3.63, 3.8) is 0 Å². The van der Waals surface area contributed by atoms with Gasteiger partial charge in [0.2, 0.25) is 17.1 Å². The fourth-order valence-corrected chi connectivity index (χ4v) is 9.10. The number of allylic oxidation sites excluding steroid dienone is 3. The summed E-state index contributed by atoms with van der Waals surface area (Å²) in [5.41, 5.74) is 2.25. The van der Waals surface area contributed by atoms with E-state index in [1.165, 1.54) is 30.5 Å². The number of carbonyl (C=O) groups is 1. The number of hydrogen-bond acceptors (Lipinski definition) is 14. The number of fused-ring (bicyclic) bond motifs is 2. The van der Waals surface area contributed by atoms with Gasteiger partial charge in [0.15, 0.2) is 6.54 Å². The number of aromatic nitrogens is 1. The Morgan fingerprint density at radius 1 is 0.828 bits per heavy atom. The molecule has 1 aromatic heterocycles. The van der Waals surface area contributed by atoms with E-state index in [2.05, 4.69) is 0 Å². The lowest BCUT2D eigenvalue weighted by Crippen LogP contribution is -2.34. The molecule has 2 aliphatic heterocycles. The zero-order chi connectivity index (χ0) is 46.7. The molecule has 5 rings (SSSR count). The van der Waals surface area contributed by atoms with Gasteiger partial charge in [-0.05, 0) is 80.1 Å². The highest BCUT2D eigenvalue weighted by Gasteiger charge is 2.43. The summed E-state index contributed by atoms with van der Waals surface area (Å²) in [7, 11) is -11.6. The molecule has 22 heteroatoms. The van der Waals surface area contributed by atoms with Crippen molar-refractivity contribution in [1.29, 1.82) is 0 Å². The Bertz CT molecular complexity index is 2690. The number of hydrogen-bond donors (Lipinski definition) is 5. The summed E-state index contributed by atoms with van der Waals surface area (Å²) in [5, 5.41) is 20.3. The molecule has 64 heavy (non-hydrogen) atoms. The van der Waals surface area contributed by atoms with E-state index < -0.39 is 65.0 Å². The van der Waals surface area contributed by atoms with E-state index in [1.54, 1.807) is 25.3 Å². The highest BCUT2D eigenvalue weighted by atomic mass is 32.2. The average molecular weight is 953 g/mol. The lowest BCUT2D eigenvalue weighted by Gasteiger charge is -2.30. The molecule has 350 valence electrons. The number of rotatable bonds is 24. The van der Waals surface area contributed by atoms with Crippen LogP contribution in [0.1, 0.15) is 63.0 Å². The van der Waals surface area contributed by atoms with Crippen molar-refractivity contribution in [2.75, 3.05) is 63.0 Å². The van der Waals surface area contributed by atoms with Crippen LogP contribution >= 0.6 is 0 Å². The molecule has 19 nitrogen and oxygen atoms in total. The van der Waals surface area contributed by atoms with Crippen LogP contribution in [0.5, 0.6) is 11.8 Å². The monoisotopic (exact) mass is 952 g/mol. The van der Waals surface area contributed by atoms with Crippen molar-refractivity contribution in [3.05, 3.63) is 95.2 Å².